The summed E-state index contributed by atoms with van der Waals surface area (Å²) in [5.41, 5.74) is 0.775. The Morgan fingerprint density at radius 1 is 1.37 bits per heavy atom. The number of para-hydroxylation sites is 1. The number of rotatable bonds is 7. The van der Waals surface area contributed by atoms with Crippen molar-refractivity contribution in [1.82, 2.24) is 5.32 Å². The molecule has 0 heterocycles. The summed E-state index contributed by atoms with van der Waals surface area (Å²) in [4.78, 5) is 22.1. The second kappa shape index (κ2) is 7.41. The Morgan fingerprint density at radius 3 is 2.63 bits per heavy atom. The van der Waals surface area contributed by atoms with E-state index in [2.05, 4.69) is 5.32 Å². The molecule has 0 aliphatic heterocycles. The van der Waals surface area contributed by atoms with E-state index < -0.39 is 12.0 Å². The van der Waals surface area contributed by atoms with E-state index in [1.54, 1.807) is 6.07 Å². The normalized spacial score (nSPS) is 11.7. The van der Waals surface area contributed by atoms with Crippen LogP contribution in [0.2, 0.25) is 0 Å². The van der Waals surface area contributed by atoms with Crippen molar-refractivity contribution in [2.24, 2.45) is 0 Å². The summed E-state index contributed by atoms with van der Waals surface area (Å²) in [5.74, 6) is -0.749. The summed E-state index contributed by atoms with van der Waals surface area (Å²) in [5, 5.41) is 11.5. The van der Waals surface area contributed by atoms with Crippen LogP contribution >= 0.6 is 0 Å². The van der Waals surface area contributed by atoms with Gasteiger partial charge in [-0.1, -0.05) is 25.1 Å². The fourth-order valence-electron chi connectivity index (χ4n) is 1.69. The van der Waals surface area contributed by atoms with Gasteiger partial charge in [-0.05, 0) is 18.1 Å². The molecule has 0 fully saturated rings. The van der Waals surface area contributed by atoms with Crippen LogP contribution < -0.4 is 10.1 Å². The molecule has 1 aromatic carbocycles. The summed E-state index contributed by atoms with van der Waals surface area (Å²) in [6, 6.07) is 6.33. The highest BCUT2D eigenvalue weighted by Crippen LogP contribution is 2.20. The standard InChI is InChI=1S/C14H19NO4/c1-3-8-19-13-7-5-4-6-11(13)9-12(14(17)18)15-10(2)16/h4-7,12H,3,8-9H2,1-2H3,(H,15,16)(H,17,18). The molecule has 5 nitrogen and oxygen atoms in total. The van der Waals surface area contributed by atoms with Gasteiger partial charge in [0.15, 0.2) is 0 Å². The first-order valence-corrected chi connectivity index (χ1v) is 6.25. The maximum atomic E-state index is 11.1. The molecular formula is C14H19NO4. The molecule has 0 bridgehead atoms. The molecule has 19 heavy (non-hydrogen) atoms. The Hall–Kier alpha value is -2.04. The number of carboxylic acids is 1. The van der Waals surface area contributed by atoms with Gasteiger partial charge in [0.2, 0.25) is 5.91 Å². The molecule has 1 amide bonds. The first kappa shape index (κ1) is 15.0. The van der Waals surface area contributed by atoms with Crippen LogP contribution in [0.15, 0.2) is 24.3 Å². The topological polar surface area (TPSA) is 75.6 Å². The monoisotopic (exact) mass is 265 g/mol. The zero-order valence-electron chi connectivity index (χ0n) is 11.2. The molecule has 0 aromatic heterocycles. The van der Waals surface area contributed by atoms with Gasteiger partial charge in [-0.3, -0.25) is 4.79 Å². The van der Waals surface area contributed by atoms with E-state index in [1.807, 2.05) is 25.1 Å². The van der Waals surface area contributed by atoms with Gasteiger partial charge in [-0.2, -0.15) is 0 Å². The van der Waals surface area contributed by atoms with Crippen LogP contribution in [0.4, 0.5) is 0 Å². The minimum atomic E-state index is -1.06. The van der Waals surface area contributed by atoms with Gasteiger partial charge >= 0.3 is 5.97 Å². The third-order valence-corrected chi connectivity index (χ3v) is 2.53. The minimum absolute atomic E-state index is 0.203. The molecule has 1 aromatic rings. The van der Waals surface area contributed by atoms with Gasteiger partial charge in [-0.25, -0.2) is 4.79 Å². The molecule has 0 radical (unpaired) electrons. The maximum Gasteiger partial charge on any atom is 0.326 e. The van der Waals surface area contributed by atoms with E-state index in [9.17, 15) is 9.59 Å². The van der Waals surface area contributed by atoms with Crippen molar-refractivity contribution < 1.29 is 19.4 Å². The maximum absolute atomic E-state index is 11.1. The lowest BCUT2D eigenvalue weighted by atomic mass is 10.0. The molecule has 1 atom stereocenters. The molecule has 5 heteroatoms. The van der Waals surface area contributed by atoms with E-state index in [-0.39, 0.29) is 12.3 Å². The van der Waals surface area contributed by atoms with Crippen LogP contribution in [0.5, 0.6) is 5.75 Å². The van der Waals surface area contributed by atoms with Gasteiger partial charge in [0.05, 0.1) is 6.61 Å². The van der Waals surface area contributed by atoms with Crippen molar-refractivity contribution in [3.8, 4) is 5.75 Å². The van der Waals surface area contributed by atoms with Crippen molar-refractivity contribution in [3.05, 3.63) is 29.8 Å². The quantitative estimate of drug-likeness (QED) is 0.785. The molecule has 0 saturated carbocycles. The Labute approximate surface area is 112 Å². The Bertz CT molecular complexity index is 445. The zero-order chi connectivity index (χ0) is 14.3. The molecule has 104 valence electrons. The first-order valence-electron chi connectivity index (χ1n) is 6.25. The van der Waals surface area contributed by atoms with Crippen molar-refractivity contribution in [2.75, 3.05) is 6.61 Å². The average Bonchev–Trinajstić information content (AvgIpc) is 2.36. The SMILES string of the molecule is CCCOc1ccccc1CC(NC(C)=O)C(=O)O. The van der Waals surface area contributed by atoms with Gasteiger partial charge < -0.3 is 15.2 Å². The molecule has 2 N–H and O–H groups in total. The molecular weight excluding hydrogens is 246 g/mol. The first-order chi connectivity index (χ1) is 9.04. The molecule has 0 spiro atoms. The average molecular weight is 265 g/mol. The number of carbonyl (C=O) groups is 2. The molecule has 1 rings (SSSR count). The summed E-state index contributed by atoms with van der Waals surface area (Å²) in [7, 11) is 0. The lowest BCUT2D eigenvalue weighted by Crippen LogP contribution is -2.41. The predicted octanol–water partition coefficient (Wildman–Crippen LogP) is 1.61. The van der Waals surface area contributed by atoms with Crippen LogP contribution in [0, 0.1) is 0 Å². The minimum Gasteiger partial charge on any atom is -0.493 e. The number of aliphatic carboxylic acids is 1. The van der Waals surface area contributed by atoms with Crippen LogP contribution in [-0.4, -0.2) is 29.6 Å². The molecule has 0 saturated heterocycles. The molecule has 0 aliphatic rings. The van der Waals surface area contributed by atoms with Gasteiger partial charge in [0.25, 0.3) is 0 Å². The van der Waals surface area contributed by atoms with E-state index in [0.717, 1.165) is 12.0 Å². The van der Waals surface area contributed by atoms with E-state index >= 15 is 0 Å². The lowest BCUT2D eigenvalue weighted by Gasteiger charge is -2.16. The van der Waals surface area contributed by atoms with E-state index in [4.69, 9.17) is 9.84 Å². The fourth-order valence-corrected chi connectivity index (χ4v) is 1.69. The van der Waals surface area contributed by atoms with Crippen LogP contribution in [0.25, 0.3) is 0 Å². The van der Waals surface area contributed by atoms with Crippen LogP contribution in [0.1, 0.15) is 25.8 Å². The number of carboxylic acid groups (broad SMARTS) is 1. The van der Waals surface area contributed by atoms with Gasteiger partial charge in [-0.15, -0.1) is 0 Å². The number of hydrogen-bond acceptors (Lipinski definition) is 3. The Kier molecular flexibility index (Phi) is 5.85. The molecule has 1 unspecified atom stereocenters. The fraction of sp³-hybridized carbons (Fsp3) is 0.429. The highest BCUT2D eigenvalue weighted by Gasteiger charge is 2.20. The Morgan fingerprint density at radius 2 is 2.05 bits per heavy atom. The summed E-state index contributed by atoms with van der Waals surface area (Å²) < 4.78 is 5.57. The number of ether oxygens (including phenoxy) is 1. The van der Waals surface area contributed by atoms with E-state index in [1.165, 1.54) is 6.92 Å². The highest BCUT2D eigenvalue weighted by molar-refractivity contribution is 5.82. The number of benzene rings is 1. The Balaban J connectivity index is 2.83. The number of nitrogens with one attached hydrogen (secondary N) is 1. The summed E-state index contributed by atoms with van der Waals surface area (Å²) in [6.45, 7) is 3.88. The van der Waals surface area contributed by atoms with Crippen LogP contribution in [-0.2, 0) is 16.0 Å². The van der Waals surface area contributed by atoms with Gasteiger partial charge in [0.1, 0.15) is 11.8 Å². The second-order valence-corrected chi connectivity index (χ2v) is 4.25. The van der Waals surface area contributed by atoms with Crippen molar-refractivity contribution in [1.29, 1.82) is 0 Å². The molecule has 0 aliphatic carbocycles. The van der Waals surface area contributed by atoms with Gasteiger partial charge in [0, 0.05) is 13.3 Å². The van der Waals surface area contributed by atoms with Crippen LogP contribution in [0.3, 0.4) is 0 Å². The number of carbonyl (C=O) groups excluding carboxylic acids is 1. The highest BCUT2D eigenvalue weighted by atomic mass is 16.5. The summed E-state index contributed by atoms with van der Waals surface area (Å²) >= 11 is 0. The van der Waals surface area contributed by atoms with E-state index in [0.29, 0.717) is 12.4 Å². The lowest BCUT2D eigenvalue weighted by molar-refractivity contribution is -0.141. The number of amides is 1. The smallest absolute Gasteiger partial charge is 0.326 e. The van der Waals surface area contributed by atoms with Crippen molar-refractivity contribution in [3.63, 3.8) is 0 Å². The largest absolute Gasteiger partial charge is 0.493 e. The summed E-state index contributed by atoms with van der Waals surface area (Å²) in [6.07, 6.45) is 1.08. The predicted molar refractivity (Wildman–Crippen MR) is 71.2 cm³/mol. The third-order valence-electron chi connectivity index (χ3n) is 2.53. The number of hydrogen-bond donors (Lipinski definition) is 2. The zero-order valence-corrected chi connectivity index (χ0v) is 11.2. The second-order valence-electron chi connectivity index (χ2n) is 4.25. The third kappa shape index (κ3) is 4.99. The van der Waals surface area contributed by atoms with Crippen molar-refractivity contribution in [2.45, 2.75) is 32.7 Å². The van der Waals surface area contributed by atoms with Crippen molar-refractivity contribution >= 4 is 11.9 Å².